The van der Waals surface area contributed by atoms with Gasteiger partial charge in [-0.15, -0.1) is 0 Å². The summed E-state index contributed by atoms with van der Waals surface area (Å²) in [6.07, 6.45) is 0.573. The van der Waals surface area contributed by atoms with Gasteiger partial charge in [-0.25, -0.2) is 8.78 Å². The fourth-order valence-electron chi connectivity index (χ4n) is 1.79. The van der Waals surface area contributed by atoms with Crippen molar-refractivity contribution in [1.82, 2.24) is 5.32 Å². The van der Waals surface area contributed by atoms with Gasteiger partial charge in [0.2, 0.25) is 0 Å². The van der Waals surface area contributed by atoms with Crippen LogP contribution in [0.1, 0.15) is 25.8 Å². The van der Waals surface area contributed by atoms with Crippen molar-refractivity contribution in [2.24, 2.45) is 5.92 Å². The number of esters is 1. The highest BCUT2D eigenvalue weighted by Gasteiger charge is 2.20. The Bertz CT molecular complexity index is 435. The lowest BCUT2D eigenvalue weighted by Gasteiger charge is -2.18. The molecule has 0 fully saturated rings. The predicted octanol–water partition coefficient (Wildman–Crippen LogP) is 2.64. The van der Waals surface area contributed by atoms with Crippen molar-refractivity contribution < 1.29 is 18.3 Å². The van der Waals surface area contributed by atoms with Gasteiger partial charge >= 0.3 is 5.97 Å². The molecule has 0 amide bonds. The van der Waals surface area contributed by atoms with Gasteiger partial charge in [-0.05, 0) is 30.5 Å². The van der Waals surface area contributed by atoms with Crippen molar-refractivity contribution in [2.75, 3.05) is 7.11 Å². The van der Waals surface area contributed by atoms with Gasteiger partial charge in [0.1, 0.15) is 17.7 Å². The Labute approximate surface area is 112 Å². The molecule has 1 aromatic carbocycles. The van der Waals surface area contributed by atoms with Crippen LogP contribution >= 0.6 is 0 Å². The van der Waals surface area contributed by atoms with Gasteiger partial charge < -0.3 is 10.1 Å². The lowest BCUT2D eigenvalue weighted by molar-refractivity contribution is -0.143. The monoisotopic (exact) mass is 271 g/mol. The number of methoxy groups -OCH3 is 1. The number of ether oxygens (including phenoxy) is 1. The van der Waals surface area contributed by atoms with Crippen molar-refractivity contribution in [3.05, 3.63) is 35.4 Å². The third-order valence-electron chi connectivity index (χ3n) is 2.74. The Morgan fingerprint density at radius 1 is 1.37 bits per heavy atom. The average molecular weight is 271 g/mol. The van der Waals surface area contributed by atoms with Gasteiger partial charge in [0.15, 0.2) is 0 Å². The van der Waals surface area contributed by atoms with Crippen molar-refractivity contribution >= 4 is 5.97 Å². The van der Waals surface area contributed by atoms with E-state index >= 15 is 0 Å². The van der Waals surface area contributed by atoms with Gasteiger partial charge in [-0.2, -0.15) is 0 Å². The van der Waals surface area contributed by atoms with E-state index in [0.717, 1.165) is 18.2 Å². The number of hydrogen-bond acceptors (Lipinski definition) is 3. The van der Waals surface area contributed by atoms with E-state index in [1.807, 2.05) is 13.8 Å². The van der Waals surface area contributed by atoms with Crippen LogP contribution < -0.4 is 5.32 Å². The molecule has 1 aromatic rings. The number of carbonyl (C=O) groups is 1. The molecule has 0 saturated carbocycles. The molecule has 1 unspecified atom stereocenters. The number of rotatable bonds is 6. The van der Waals surface area contributed by atoms with Crippen molar-refractivity contribution in [3.8, 4) is 0 Å². The number of hydrogen-bond donors (Lipinski definition) is 1. The first-order chi connectivity index (χ1) is 8.93. The minimum atomic E-state index is -0.521. The molecule has 1 atom stereocenters. The molecule has 0 aromatic heterocycles. The second-order valence-electron chi connectivity index (χ2n) is 4.82. The lowest BCUT2D eigenvalue weighted by atomic mass is 10.0. The van der Waals surface area contributed by atoms with E-state index in [0.29, 0.717) is 6.42 Å². The highest BCUT2D eigenvalue weighted by Crippen LogP contribution is 2.11. The molecular formula is C14H19F2NO2. The highest BCUT2D eigenvalue weighted by molar-refractivity contribution is 5.75. The Hall–Kier alpha value is -1.49. The quantitative estimate of drug-likeness (QED) is 0.808. The molecule has 0 spiro atoms. The van der Waals surface area contributed by atoms with Crippen LogP contribution in [0.25, 0.3) is 0 Å². The van der Waals surface area contributed by atoms with Crippen LogP contribution in [0.2, 0.25) is 0 Å². The first kappa shape index (κ1) is 15.6. The van der Waals surface area contributed by atoms with Gasteiger partial charge in [0, 0.05) is 12.1 Å². The normalized spacial score (nSPS) is 12.5. The first-order valence-electron chi connectivity index (χ1n) is 6.19. The summed E-state index contributed by atoms with van der Waals surface area (Å²) in [5, 5.41) is 2.90. The summed E-state index contributed by atoms with van der Waals surface area (Å²) in [6, 6.07) is 2.73. The van der Waals surface area contributed by atoms with Crippen molar-refractivity contribution in [3.63, 3.8) is 0 Å². The molecular weight excluding hydrogens is 252 g/mol. The second kappa shape index (κ2) is 7.19. The molecule has 0 bridgehead atoms. The minimum absolute atomic E-state index is 0.0794. The molecule has 0 aliphatic carbocycles. The molecule has 3 nitrogen and oxygen atoms in total. The smallest absolute Gasteiger partial charge is 0.322 e. The van der Waals surface area contributed by atoms with E-state index in [-0.39, 0.29) is 18.0 Å². The standard InChI is InChI=1S/C14H19F2NO2/c1-9(2)6-13(14(18)19-3)17-8-10-7-11(15)4-5-12(10)16/h4-5,7,9,13,17H,6,8H2,1-3H3. The molecule has 5 heteroatoms. The van der Waals surface area contributed by atoms with Crippen LogP contribution in [-0.2, 0) is 16.1 Å². The Balaban J connectivity index is 2.70. The summed E-state index contributed by atoms with van der Waals surface area (Å²) in [4.78, 5) is 11.6. The second-order valence-corrected chi connectivity index (χ2v) is 4.82. The lowest BCUT2D eigenvalue weighted by Crippen LogP contribution is -2.38. The summed E-state index contributed by atoms with van der Waals surface area (Å²) >= 11 is 0. The third kappa shape index (κ3) is 4.95. The maximum atomic E-state index is 13.4. The van der Waals surface area contributed by atoms with E-state index in [2.05, 4.69) is 10.1 Å². The van der Waals surface area contributed by atoms with E-state index in [1.54, 1.807) is 0 Å². The van der Waals surface area contributed by atoms with Gasteiger partial charge in [0.05, 0.1) is 7.11 Å². The molecule has 0 radical (unpaired) electrons. The molecule has 19 heavy (non-hydrogen) atoms. The Morgan fingerprint density at radius 2 is 2.05 bits per heavy atom. The van der Waals surface area contributed by atoms with Crippen LogP contribution in [-0.4, -0.2) is 19.1 Å². The minimum Gasteiger partial charge on any atom is -0.468 e. The maximum absolute atomic E-state index is 13.4. The SMILES string of the molecule is COC(=O)C(CC(C)C)NCc1cc(F)ccc1F. The van der Waals surface area contributed by atoms with Gasteiger partial charge in [-0.3, -0.25) is 4.79 Å². The fraction of sp³-hybridized carbons (Fsp3) is 0.500. The molecule has 0 aliphatic rings. The average Bonchev–Trinajstić information content (AvgIpc) is 2.36. The molecule has 0 aliphatic heterocycles. The van der Waals surface area contributed by atoms with E-state index in [1.165, 1.54) is 7.11 Å². The number of benzene rings is 1. The van der Waals surface area contributed by atoms with Crippen LogP contribution in [0.5, 0.6) is 0 Å². The van der Waals surface area contributed by atoms with Crippen LogP contribution in [0.3, 0.4) is 0 Å². The van der Waals surface area contributed by atoms with Crippen molar-refractivity contribution in [2.45, 2.75) is 32.9 Å². The molecule has 1 N–H and O–H groups in total. The van der Waals surface area contributed by atoms with Crippen LogP contribution in [0, 0.1) is 17.6 Å². The summed E-state index contributed by atoms with van der Waals surface area (Å²) < 4.78 is 31.1. The van der Waals surface area contributed by atoms with E-state index in [4.69, 9.17) is 0 Å². The first-order valence-corrected chi connectivity index (χ1v) is 6.19. The number of nitrogens with one attached hydrogen (secondary N) is 1. The molecule has 1 rings (SSSR count). The summed E-state index contributed by atoms with van der Waals surface area (Å²) in [6.45, 7) is 4.02. The third-order valence-corrected chi connectivity index (χ3v) is 2.74. The zero-order valence-corrected chi connectivity index (χ0v) is 11.4. The Kier molecular flexibility index (Phi) is 5.89. The van der Waals surface area contributed by atoms with Crippen molar-refractivity contribution in [1.29, 1.82) is 0 Å². The molecule has 0 saturated heterocycles. The van der Waals surface area contributed by atoms with Gasteiger partial charge in [0.25, 0.3) is 0 Å². The van der Waals surface area contributed by atoms with Crippen LogP contribution in [0.4, 0.5) is 8.78 Å². The van der Waals surface area contributed by atoms with Gasteiger partial charge in [-0.1, -0.05) is 13.8 Å². The summed E-state index contributed by atoms with van der Waals surface area (Å²) in [5.41, 5.74) is 0.192. The summed E-state index contributed by atoms with van der Waals surface area (Å²) in [7, 11) is 1.31. The predicted molar refractivity (Wildman–Crippen MR) is 68.5 cm³/mol. The fourth-order valence-corrected chi connectivity index (χ4v) is 1.79. The number of carbonyl (C=O) groups excluding carboxylic acids is 1. The summed E-state index contributed by atoms with van der Waals surface area (Å²) in [5.74, 6) is -1.11. The topological polar surface area (TPSA) is 38.3 Å². The van der Waals surface area contributed by atoms with E-state index < -0.39 is 23.6 Å². The van der Waals surface area contributed by atoms with E-state index in [9.17, 15) is 13.6 Å². The zero-order chi connectivity index (χ0) is 14.4. The molecule has 106 valence electrons. The highest BCUT2D eigenvalue weighted by atomic mass is 19.1. The zero-order valence-electron chi connectivity index (χ0n) is 11.4. The maximum Gasteiger partial charge on any atom is 0.322 e. The Morgan fingerprint density at radius 3 is 2.63 bits per heavy atom. The largest absolute Gasteiger partial charge is 0.468 e. The van der Waals surface area contributed by atoms with Crippen LogP contribution in [0.15, 0.2) is 18.2 Å². The molecule has 0 heterocycles. The number of halogens is 2.